The number of nitrogens with one attached hydrogen (secondary N) is 1. The molecule has 2 rings (SSSR count). The number of hydrogen-bond acceptors (Lipinski definition) is 3. The second-order valence-electron chi connectivity index (χ2n) is 7.21. The molecule has 27 heavy (non-hydrogen) atoms. The first-order valence-corrected chi connectivity index (χ1v) is 10.3. The first-order valence-electron chi connectivity index (χ1n) is 9.93. The van der Waals surface area contributed by atoms with Gasteiger partial charge in [0.1, 0.15) is 5.75 Å². The molecular weight excluding hydrogens is 364 g/mol. The molecular formula is C21H31ClN2O3. The highest BCUT2D eigenvalue weighted by molar-refractivity contribution is 6.31. The van der Waals surface area contributed by atoms with Gasteiger partial charge in [-0.2, -0.15) is 0 Å². The van der Waals surface area contributed by atoms with Crippen molar-refractivity contribution >= 4 is 29.1 Å². The van der Waals surface area contributed by atoms with E-state index in [1.54, 1.807) is 25.3 Å². The van der Waals surface area contributed by atoms with Gasteiger partial charge in [-0.3, -0.25) is 9.59 Å². The van der Waals surface area contributed by atoms with Crippen molar-refractivity contribution in [2.75, 3.05) is 25.5 Å². The maximum Gasteiger partial charge on any atom is 0.227 e. The van der Waals surface area contributed by atoms with Gasteiger partial charge in [0.25, 0.3) is 0 Å². The summed E-state index contributed by atoms with van der Waals surface area (Å²) in [6.07, 6.45) is 4.96. The fraction of sp³-hybridized carbons (Fsp3) is 0.619. The molecule has 0 atom stereocenters. The Balaban J connectivity index is 1.92. The molecule has 1 aliphatic carbocycles. The van der Waals surface area contributed by atoms with Crippen molar-refractivity contribution in [3.63, 3.8) is 0 Å². The van der Waals surface area contributed by atoms with Gasteiger partial charge >= 0.3 is 0 Å². The van der Waals surface area contributed by atoms with Crippen molar-refractivity contribution < 1.29 is 14.3 Å². The molecule has 6 heteroatoms. The molecule has 1 saturated carbocycles. The van der Waals surface area contributed by atoms with Gasteiger partial charge in [-0.05, 0) is 56.7 Å². The minimum Gasteiger partial charge on any atom is -0.495 e. The molecule has 0 aliphatic heterocycles. The van der Waals surface area contributed by atoms with Gasteiger partial charge in [-0.25, -0.2) is 0 Å². The number of amides is 2. The number of halogens is 1. The summed E-state index contributed by atoms with van der Waals surface area (Å²) in [6, 6.07) is 5.16. The number of hydrogen-bond donors (Lipinski definition) is 1. The number of ether oxygens (including phenoxy) is 1. The van der Waals surface area contributed by atoms with Crippen LogP contribution in [0.25, 0.3) is 0 Å². The molecule has 1 fully saturated rings. The van der Waals surface area contributed by atoms with Crippen molar-refractivity contribution in [1.82, 2.24) is 4.90 Å². The molecule has 0 aromatic heterocycles. The van der Waals surface area contributed by atoms with Gasteiger partial charge in [-0.1, -0.05) is 25.4 Å². The summed E-state index contributed by atoms with van der Waals surface area (Å²) in [5.74, 6) is 0.789. The third kappa shape index (κ3) is 5.86. The van der Waals surface area contributed by atoms with Crippen molar-refractivity contribution in [3.05, 3.63) is 23.2 Å². The fourth-order valence-electron chi connectivity index (χ4n) is 3.75. The van der Waals surface area contributed by atoms with E-state index in [-0.39, 0.29) is 23.7 Å². The summed E-state index contributed by atoms with van der Waals surface area (Å²) in [5.41, 5.74) is 0.588. The van der Waals surface area contributed by atoms with Crippen LogP contribution in [0.3, 0.4) is 0 Å². The minimum atomic E-state index is -0.0801. The lowest BCUT2D eigenvalue weighted by Crippen LogP contribution is -2.39. The number of carbonyl (C=O) groups excluding carboxylic acids is 2. The molecule has 0 heterocycles. The number of rotatable bonds is 8. The molecule has 1 aromatic rings. The summed E-state index contributed by atoms with van der Waals surface area (Å²) in [4.78, 5) is 27.4. The second kappa shape index (κ2) is 10.5. The Morgan fingerprint density at radius 1 is 1.11 bits per heavy atom. The van der Waals surface area contributed by atoms with Crippen LogP contribution >= 0.6 is 11.6 Å². The Kier molecular flexibility index (Phi) is 8.42. The predicted octanol–water partition coefficient (Wildman–Crippen LogP) is 4.74. The molecule has 1 aliphatic rings. The predicted molar refractivity (Wildman–Crippen MR) is 109 cm³/mol. The first kappa shape index (κ1) is 21.5. The largest absolute Gasteiger partial charge is 0.495 e. The van der Waals surface area contributed by atoms with Crippen LogP contribution in [0, 0.1) is 11.8 Å². The zero-order valence-electron chi connectivity index (χ0n) is 16.6. The maximum atomic E-state index is 12.8. The average Bonchev–Trinajstić information content (AvgIpc) is 2.67. The quantitative estimate of drug-likeness (QED) is 0.692. The lowest BCUT2D eigenvalue weighted by Gasteiger charge is -2.31. The van der Waals surface area contributed by atoms with E-state index in [1.807, 2.05) is 4.90 Å². The van der Waals surface area contributed by atoms with Gasteiger partial charge in [-0.15, -0.1) is 0 Å². The highest BCUT2D eigenvalue weighted by atomic mass is 35.5. The summed E-state index contributed by atoms with van der Waals surface area (Å²) in [6.45, 7) is 5.84. The Hall–Kier alpha value is -1.75. The average molecular weight is 395 g/mol. The van der Waals surface area contributed by atoms with Crippen LogP contribution in [0.4, 0.5) is 5.69 Å². The molecule has 0 bridgehead atoms. The topological polar surface area (TPSA) is 58.6 Å². The number of methoxy groups -OCH3 is 1. The maximum absolute atomic E-state index is 12.8. The molecule has 5 nitrogen and oxygen atoms in total. The van der Waals surface area contributed by atoms with Crippen LogP contribution in [0.15, 0.2) is 18.2 Å². The monoisotopic (exact) mass is 394 g/mol. The van der Waals surface area contributed by atoms with Gasteiger partial charge < -0.3 is 15.0 Å². The highest BCUT2D eigenvalue weighted by Crippen LogP contribution is 2.33. The Bertz CT molecular complexity index is 636. The van der Waals surface area contributed by atoms with Crippen LogP contribution in [-0.2, 0) is 9.59 Å². The lowest BCUT2D eigenvalue weighted by molar-refractivity contribution is -0.138. The Morgan fingerprint density at radius 3 is 2.26 bits per heavy atom. The third-order valence-electron chi connectivity index (χ3n) is 5.17. The molecule has 2 amide bonds. The standard InChI is InChI=1S/C21H31ClN2O3/c1-4-12-24(13-5-2)21(26)16-8-6-15(7-9-16)20(25)23-18-14-17(22)10-11-19(18)27-3/h10-11,14-16H,4-9,12-13H2,1-3H3,(H,23,25). The van der Waals surface area contributed by atoms with E-state index in [0.717, 1.165) is 51.6 Å². The van der Waals surface area contributed by atoms with Crippen LogP contribution in [-0.4, -0.2) is 36.9 Å². The van der Waals surface area contributed by atoms with Crippen LogP contribution in [0.5, 0.6) is 5.75 Å². The number of benzene rings is 1. The van der Waals surface area contributed by atoms with Gasteiger partial charge in [0.15, 0.2) is 0 Å². The van der Waals surface area contributed by atoms with E-state index in [0.29, 0.717) is 16.5 Å². The molecule has 0 unspecified atom stereocenters. The first-order chi connectivity index (χ1) is 13.0. The summed E-state index contributed by atoms with van der Waals surface area (Å²) in [5, 5.41) is 3.48. The SMILES string of the molecule is CCCN(CCC)C(=O)C1CCC(C(=O)Nc2cc(Cl)ccc2OC)CC1. The van der Waals surface area contributed by atoms with E-state index in [4.69, 9.17) is 16.3 Å². The summed E-state index contributed by atoms with van der Waals surface area (Å²) < 4.78 is 5.29. The summed E-state index contributed by atoms with van der Waals surface area (Å²) >= 11 is 6.03. The zero-order valence-corrected chi connectivity index (χ0v) is 17.3. The van der Waals surface area contributed by atoms with E-state index in [9.17, 15) is 9.59 Å². The normalized spacial score (nSPS) is 19.4. The van der Waals surface area contributed by atoms with E-state index in [1.165, 1.54) is 0 Å². The Morgan fingerprint density at radius 2 is 1.70 bits per heavy atom. The van der Waals surface area contributed by atoms with E-state index < -0.39 is 0 Å². The van der Waals surface area contributed by atoms with Gasteiger partial charge in [0.2, 0.25) is 11.8 Å². The van der Waals surface area contributed by atoms with Crippen LogP contribution < -0.4 is 10.1 Å². The van der Waals surface area contributed by atoms with Crippen molar-refractivity contribution in [3.8, 4) is 5.75 Å². The van der Waals surface area contributed by atoms with Crippen molar-refractivity contribution in [2.24, 2.45) is 11.8 Å². The van der Waals surface area contributed by atoms with Crippen molar-refractivity contribution in [2.45, 2.75) is 52.4 Å². The van der Waals surface area contributed by atoms with Crippen LogP contribution in [0.1, 0.15) is 52.4 Å². The molecule has 0 saturated heterocycles. The second-order valence-corrected chi connectivity index (χ2v) is 7.64. The highest BCUT2D eigenvalue weighted by Gasteiger charge is 2.32. The minimum absolute atomic E-state index is 0.0274. The van der Waals surface area contributed by atoms with Crippen LogP contribution in [0.2, 0.25) is 5.02 Å². The molecule has 1 aromatic carbocycles. The fourth-order valence-corrected chi connectivity index (χ4v) is 3.92. The van der Waals surface area contributed by atoms with E-state index >= 15 is 0 Å². The molecule has 0 spiro atoms. The number of nitrogens with zero attached hydrogens (tertiary/aromatic N) is 1. The lowest BCUT2D eigenvalue weighted by atomic mass is 9.80. The smallest absolute Gasteiger partial charge is 0.227 e. The van der Waals surface area contributed by atoms with Crippen molar-refractivity contribution in [1.29, 1.82) is 0 Å². The number of carbonyl (C=O) groups is 2. The molecule has 150 valence electrons. The summed E-state index contributed by atoms with van der Waals surface area (Å²) in [7, 11) is 1.56. The molecule has 1 N–H and O–H groups in total. The van der Waals surface area contributed by atoms with Gasteiger partial charge in [0.05, 0.1) is 12.8 Å². The van der Waals surface area contributed by atoms with Gasteiger partial charge in [0, 0.05) is 29.9 Å². The molecule has 0 radical (unpaired) electrons. The zero-order chi connectivity index (χ0) is 19.8. The Labute approximate surface area is 167 Å². The number of anilines is 1. The third-order valence-corrected chi connectivity index (χ3v) is 5.40. The van der Waals surface area contributed by atoms with E-state index in [2.05, 4.69) is 19.2 Å².